The first-order chi connectivity index (χ1) is 9.35. The van der Waals surface area contributed by atoms with E-state index < -0.39 is 0 Å². The minimum Gasteiger partial charge on any atom is -0.469 e. The molecule has 0 saturated heterocycles. The lowest BCUT2D eigenvalue weighted by Gasteiger charge is -1.93. The van der Waals surface area contributed by atoms with Gasteiger partial charge in [-0.1, -0.05) is 52.4 Å². The fraction of sp³-hybridized carbons (Fsp3) is 0.706. The van der Waals surface area contributed by atoms with Gasteiger partial charge in [-0.05, 0) is 25.0 Å². The highest BCUT2D eigenvalue weighted by Crippen LogP contribution is 2.06. The third kappa shape index (κ3) is 13.2. The number of aldehydes is 1. The van der Waals surface area contributed by atoms with E-state index in [1.54, 1.807) is 6.26 Å². The summed E-state index contributed by atoms with van der Waals surface area (Å²) in [6.07, 6.45) is 14.6. The molecule has 0 aliphatic heterocycles. The largest absolute Gasteiger partial charge is 0.469 e. The van der Waals surface area contributed by atoms with E-state index in [1.165, 1.54) is 44.9 Å². The van der Waals surface area contributed by atoms with Crippen LogP contribution in [0.1, 0.15) is 77.4 Å². The monoisotopic (exact) mass is 266 g/mol. The van der Waals surface area contributed by atoms with Crippen LogP contribution in [0.3, 0.4) is 0 Å². The second-order valence-corrected chi connectivity index (χ2v) is 4.91. The molecule has 0 aromatic carbocycles. The van der Waals surface area contributed by atoms with Gasteiger partial charge in [0.25, 0.3) is 0 Å². The second-order valence-electron chi connectivity index (χ2n) is 4.91. The summed E-state index contributed by atoms with van der Waals surface area (Å²) in [7, 11) is 0. The minimum atomic E-state index is 0.754. The highest BCUT2D eigenvalue weighted by Gasteiger charge is 1.92. The zero-order chi connectivity index (χ0) is 14.2. The van der Waals surface area contributed by atoms with E-state index in [9.17, 15) is 4.79 Å². The van der Waals surface area contributed by atoms with E-state index in [1.807, 2.05) is 12.1 Å². The zero-order valence-corrected chi connectivity index (χ0v) is 12.7. The molecule has 0 radical (unpaired) electrons. The van der Waals surface area contributed by atoms with Gasteiger partial charge in [0, 0.05) is 12.8 Å². The van der Waals surface area contributed by atoms with Gasteiger partial charge >= 0.3 is 0 Å². The third-order valence-electron chi connectivity index (χ3n) is 3.03. The average Bonchev–Trinajstić information content (AvgIpc) is 2.93. The maximum absolute atomic E-state index is 9.84. The number of aryl methyl sites for hydroxylation is 1. The van der Waals surface area contributed by atoms with Gasteiger partial charge in [-0.25, -0.2) is 0 Å². The lowest BCUT2D eigenvalue weighted by molar-refractivity contribution is -0.107. The first-order valence-electron chi connectivity index (χ1n) is 7.81. The van der Waals surface area contributed by atoms with Gasteiger partial charge < -0.3 is 9.21 Å². The number of hydrogen-bond acceptors (Lipinski definition) is 2. The Labute approximate surface area is 118 Å². The number of rotatable bonds is 10. The molecule has 1 heterocycles. The third-order valence-corrected chi connectivity index (χ3v) is 3.03. The van der Waals surface area contributed by atoms with Crippen molar-refractivity contribution in [3.63, 3.8) is 0 Å². The van der Waals surface area contributed by atoms with E-state index in [0.717, 1.165) is 31.3 Å². The van der Waals surface area contributed by atoms with Crippen LogP contribution in [0.5, 0.6) is 0 Å². The van der Waals surface area contributed by atoms with E-state index in [2.05, 4.69) is 13.8 Å². The van der Waals surface area contributed by atoms with Gasteiger partial charge in [0.15, 0.2) is 0 Å². The van der Waals surface area contributed by atoms with Crippen LogP contribution in [0.15, 0.2) is 22.8 Å². The summed E-state index contributed by atoms with van der Waals surface area (Å²) in [6, 6.07) is 3.98. The minimum absolute atomic E-state index is 0.754. The smallest absolute Gasteiger partial charge is 0.119 e. The Morgan fingerprint density at radius 2 is 1.68 bits per heavy atom. The van der Waals surface area contributed by atoms with Crippen LogP contribution in [-0.2, 0) is 11.2 Å². The number of furan rings is 1. The number of carbonyl (C=O) groups excluding carboxylic acids is 1. The Balaban J connectivity index is 0.000000344. The maximum atomic E-state index is 9.84. The molecule has 1 aromatic heterocycles. The summed E-state index contributed by atoms with van der Waals surface area (Å²) in [5, 5.41) is 0. The number of hydrogen-bond donors (Lipinski definition) is 0. The fourth-order valence-corrected chi connectivity index (χ4v) is 1.84. The quantitative estimate of drug-likeness (QED) is 0.410. The molecule has 2 nitrogen and oxygen atoms in total. The predicted octanol–water partition coefficient (Wildman–Crippen LogP) is 5.56. The van der Waals surface area contributed by atoms with E-state index >= 15 is 0 Å². The summed E-state index contributed by atoms with van der Waals surface area (Å²) in [6.45, 7) is 4.40. The van der Waals surface area contributed by atoms with Gasteiger partial charge in [0.2, 0.25) is 0 Å². The molecule has 1 aromatic rings. The molecule has 0 amide bonds. The summed E-state index contributed by atoms with van der Waals surface area (Å²) in [4.78, 5) is 9.84. The second kappa shape index (κ2) is 15.0. The predicted molar refractivity (Wildman–Crippen MR) is 81.4 cm³/mol. The number of carbonyl (C=O) groups is 1. The van der Waals surface area contributed by atoms with E-state index in [4.69, 9.17) is 4.42 Å². The molecule has 0 aliphatic carbocycles. The summed E-state index contributed by atoms with van der Waals surface area (Å²) < 4.78 is 5.18. The Bertz CT molecular complexity index is 265. The molecule has 0 atom stereocenters. The Morgan fingerprint density at radius 3 is 2.26 bits per heavy atom. The summed E-state index contributed by atoms with van der Waals surface area (Å²) in [5.41, 5.74) is 0. The highest BCUT2D eigenvalue weighted by molar-refractivity contribution is 5.48. The molecule has 0 spiro atoms. The van der Waals surface area contributed by atoms with Crippen molar-refractivity contribution in [3.05, 3.63) is 24.2 Å². The van der Waals surface area contributed by atoms with Gasteiger partial charge in [0.1, 0.15) is 12.0 Å². The van der Waals surface area contributed by atoms with E-state index in [-0.39, 0.29) is 0 Å². The topological polar surface area (TPSA) is 30.2 Å². The zero-order valence-electron chi connectivity index (χ0n) is 12.7. The molecule has 0 saturated carbocycles. The normalized spacial score (nSPS) is 9.79. The first-order valence-corrected chi connectivity index (χ1v) is 7.81. The van der Waals surface area contributed by atoms with Crippen molar-refractivity contribution in [3.8, 4) is 0 Å². The fourth-order valence-electron chi connectivity index (χ4n) is 1.84. The molecule has 0 aliphatic rings. The Morgan fingerprint density at radius 1 is 1.00 bits per heavy atom. The van der Waals surface area contributed by atoms with Crippen LogP contribution in [0.4, 0.5) is 0 Å². The van der Waals surface area contributed by atoms with Gasteiger partial charge in [0.05, 0.1) is 6.26 Å². The van der Waals surface area contributed by atoms with Crippen LogP contribution >= 0.6 is 0 Å². The van der Waals surface area contributed by atoms with Crippen LogP contribution in [0.25, 0.3) is 0 Å². The maximum Gasteiger partial charge on any atom is 0.119 e. The van der Waals surface area contributed by atoms with Crippen molar-refractivity contribution in [2.24, 2.45) is 0 Å². The first kappa shape index (κ1) is 17.9. The van der Waals surface area contributed by atoms with Crippen molar-refractivity contribution < 1.29 is 9.21 Å². The van der Waals surface area contributed by atoms with Crippen molar-refractivity contribution in [1.29, 1.82) is 0 Å². The lowest BCUT2D eigenvalue weighted by Crippen LogP contribution is -1.80. The molecule has 19 heavy (non-hydrogen) atoms. The van der Waals surface area contributed by atoms with Crippen molar-refractivity contribution >= 4 is 6.29 Å². The van der Waals surface area contributed by atoms with Gasteiger partial charge in [-0.2, -0.15) is 0 Å². The molecule has 0 unspecified atom stereocenters. The van der Waals surface area contributed by atoms with Crippen molar-refractivity contribution in [2.75, 3.05) is 0 Å². The molecular weight excluding hydrogens is 236 g/mol. The van der Waals surface area contributed by atoms with Gasteiger partial charge in [-0.15, -0.1) is 0 Å². The lowest BCUT2D eigenvalue weighted by atomic mass is 10.1. The standard InChI is InChI=1S/C9H14O.C8H16O/c1-2-3-4-6-9-7-5-8-10-9;1-2-3-4-5-6-7-8-9/h5,7-8H,2-4,6H2,1H3;8H,2-7H2,1H3. The van der Waals surface area contributed by atoms with Crippen LogP contribution in [0, 0.1) is 0 Å². The Kier molecular flexibility index (Phi) is 14.2. The van der Waals surface area contributed by atoms with Crippen LogP contribution in [-0.4, -0.2) is 6.29 Å². The molecule has 0 N–H and O–H groups in total. The van der Waals surface area contributed by atoms with Crippen molar-refractivity contribution in [2.45, 2.75) is 78.1 Å². The molecule has 2 heteroatoms. The van der Waals surface area contributed by atoms with E-state index in [0.29, 0.717) is 0 Å². The van der Waals surface area contributed by atoms with Crippen LogP contribution in [0.2, 0.25) is 0 Å². The SMILES string of the molecule is CCCCCCCC=O.CCCCCc1ccco1. The van der Waals surface area contributed by atoms with Crippen LogP contribution < -0.4 is 0 Å². The highest BCUT2D eigenvalue weighted by atomic mass is 16.3. The molecule has 1 rings (SSSR count). The summed E-state index contributed by atoms with van der Waals surface area (Å²) >= 11 is 0. The Hall–Kier alpha value is -1.05. The molecule has 0 bridgehead atoms. The molecule has 0 fully saturated rings. The van der Waals surface area contributed by atoms with Crippen molar-refractivity contribution in [1.82, 2.24) is 0 Å². The average molecular weight is 266 g/mol. The summed E-state index contributed by atoms with van der Waals surface area (Å²) in [5.74, 6) is 1.12. The molecule has 110 valence electrons. The van der Waals surface area contributed by atoms with Gasteiger partial charge in [-0.3, -0.25) is 0 Å². The molecular formula is C17H30O2. The number of unbranched alkanes of at least 4 members (excludes halogenated alkanes) is 7.